The van der Waals surface area contributed by atoms with Gasteiger partial charge in [-0.05, 0) is 49.4 Å². The van der Waals surface area contributed by atoms with Gasteiger partial charge in [-0.3, -0.25) is 0 Å². The molecule has 0 amide bonds. The molecular weight excluding hydrogens is 228 g/mol. The van der Waals surface area contributed by atoms with Gasteiger partial charge >= 0.3 is 0 Å². The van der Waals surface area contributed by atoms with Gasteiger partial charge in [0.05, 0.1) is 0 Å². The zero-order valence-electron chi connectivity index (χ0n) is 11.5. The van der Waals surface area contributed by atoms with Crippen LogP contribution in [0.25, 0.3) is 0 Å². The quantitative estimate of drug-likeness (QED) is 0.555. The molecule has 2 unspecified atom stereocenters. The van der Waals surface area contributed by atoms with Gasteiger partial charge in [0.2, 0.25) is 12.2 Å². The van der Waals surface area contributed by atoms with Crippen molar-refractivity contribution >= 4 is 12.2 Å². The molecule has 1 fully saturated rings. The maximum absolute atomic E-state index is 10.2. The number of nitrogens with zero attached hydrogens (tertiary/aromatic N) is 2. The van der Waals surface area contributed by atoms with Gasteiger partial charge in [-0.15, -0.1) is 0 Å². The molecule has 1 rings (SSSR count). The largest absolute Gasteiger partial charge is 0.237 e. The molecular formula is C14H22N2O2. The molecule has 1 aliphatic rings. The van der Waals surface area contributed by atoms with Crippen LogP contribution in [0.3, 0.4) is 0 Å². The Kier molecular flexibility index (Phi) is 5.46. The van der Waals surface area contributed by atoms with Crippen LogP contribution in [0.2, 0.25) is 0 Å². The number of rotatable bonds is 5. The van der Waals surface area contributed by atoms with E-state index in [2.05, 4.69) is 30.8 Å². The first-order valence-corrected chi connectivity index (χ1v) is 6.61. The highest BCUT2D eigenvalue weighted by Crippen LogP contribution is 2.43. The summed E-state index contributed by atoms with van der Waals surface area (Å²) in [5.41, 5.74) is 0.389. The smallest absolute Gasteiger partial charge is 0.211 e. The third-order valence-corrected chi connectivity index (χ3v) is 3.71. The van der Waals surface area contributed by atoms with Gasteiger partial charge in [0, 0.05) is 0 Å². The van der Waals surface area contributed by atoms with Crippen LogP contribution >= 0.6 is 0 Å². The van der Waals surface area contributed by atoms with Crippen LogP contribution in [0.1, 0.15) is 52.9 Å². The third-order valence-electron chi connectivity index (χ3n) is 3.71. The van der Waals surface area contributed by atoms with Crippen molar-refractivity contribution in [3.8, 4) is 0 Å². The number of isocyanates is 2. The van der Waals surface area contributed by atoms with Crippen LogP contribution in [-0.4, -0.2) is 18.3 Å². The number of carbonyl (C=O) groups excluding carboxylic acids is 2. The Morgan fingerprint density at radius 1 is 1.22 bits per heavy atom. The summed E-state index contributed by atoms with van der Waals surface area (Å²) in [5.74, 6) is 1.37. The normalized spacial score (nSPS) is 27.7. The van der Waals surface area contributed by atoms with Gasteiger partial charge < -0.3 is 0 Å². The second-order valence-corrected chi connectivity index (χ2v) is 6.28. The standard InChI is InChI=1S/C14H22N2O2/c1-11-6-12(8-14(2,3)7-11)4-5-13(15-9-17)16-10-18/h11-13H,4-8H2,1-3H3. The molecule has 0 heterocycles. The molecule has 0 aromatic rings. The van der Waals surface area contributed by atoms with Crippen molar-refractivity contribution in [2.45, 2.75) is 59.0 Å². The summed E-state index contributed by atoms with van der Waals surface area (Å²) >= 11 is 0. The van der Waals surface area contributed by atoms with Crippen molar-refractivity contribution in [2.75, 3.05) is 0 Å². The first-order chi connectivity index (χ1) is 8.46. The van der Waals surface area contributed by atoms with E-state index in [-0.39, 0.29) is 0 Å². The summed E-state index contributed by atoms with van der Waals surface area (Å²) in [6.07, 6.45) is 7.62. The van der Waals surface area contributed by atoms with Crippen LogP contribution in [0.4, 0.5) is 0 Å². The summed E-state index contributed by atoms with van der Waals surface area (Å²) in [6, 6.07) is 0. The lowest BCUT2D eigenvalue weighted by Crippen LogP contribution is -2.28. The fraction of sp³-hybridized carbons (Fsp3) is 0.857. The lowest BCUT2D eigenvalue weighted by atomic mass is 9.67. The van der Waals surface area contributed by atoms with Gasteiger partial charge in [-0.25, -0.2) is 9.59 Å². The van der Waals surface area contributed by atoms with Crippen molar-refractivity contribution in [1.29, 1.82) is 0 Å². The Hall–Kier alpha value is -1.24. The van der Waals surface area contributed by atoms with Gasteiger partial charge in [0.1, 0.15) is 0 Å². The van der Waals surface area contributed by atoms with E-state index >= 15 is 0 Å². The molecule has 0 radical (unpaired) electrons. The van der Waals surface area contributed by atoms with Crippen LogP contribution in [-0.2, 0) is 9.59 Å². The molecule has 0 spiro atoms. The van der Waals surface area contributed by atoms with Crippen LogP contribution < -0.4 is 0 Å². The van der Waals surface area contributed by atoms with Crippen molar-refractivity contribution in [3.05, 3.63) is 0 Å². The van der Waals surface area contributed by atoms with E-state index < -0.39 is 6.17 Å². The SMILES string of the molecule is CC1CC(CCC(N=C=O)N=C=O)CC(C)(C)C1. The lowest BCUT2D eigenvalue weighted by molar-refractivity contribution is 0.125. The van der Waals surface area contributed by atoms with Gasteiger partial charge in [0.15, 0.2) is 6.17 Å². The minimum atomic E-state index is -0.583. The molecule has 4 heteroatoms. The molecule has 2 atom stereocenters. The Labute approximate surface area is 109 Å². The van der Waals surface area contributed by atoms with E-state index in [1.54, 1.807) is 0 Å². The van der Waals surface area contributed by atoms with Crippen molar-refractivity contribution in [3.63, 3.8) is 0 Å². The maximum atomic E-state index is 10.2. The van der Waals surface area contributed by atoms with Crippen molar-refractivity contribution < 1.29 is 9.59 Å². The molecule has 1 saturated carbocycles. The van der Waals surface area contributed by atoms with Gasteiger partial charge in [-0.1, -0.05) is 20.8 Å². The topological polar surface area (TPSA) is 58.9 Å². The minimum absolute atomic E-state index is 0.389. The average molecular weight is 250 g/mol. The Morgan fingerprint density at radius 3 is 2.33 bits per heavy atom. The predicted molar refractivity (Wildman–Crippen MR) is 69.6 cm³/mol. The number of hydrogen-bond acceptors (Lipinski definition) is 4. The highest BCUT2D eigenvalue weighted by atomic mass is 16.1. The molecule has 0 N–H and O–H groups in total. The molecule has 0 aromatic heterocycles. The second-order valence-electron chi connectivity index (χ2n) is 6.28. The molecule has 18 heavy (non-hydrogen) atoms. The summed E-state index contributed by atoms with van der Waals surface area (Å²) in [4.78, 5) is 27.5. The highest BCUT2D eigenvalue weighted by Gasteiger charge is 2.31. The fourth-order valence-electron chi connectivity index (χ4n) is 3.43. The first-order valence-electron chi connectivity index (χ1n) is 6.61. The summed E-state index contributed by atoms with van der Waals surface area (Å²) < 4.78 is 0. The van der Waals surface area contributed by atoms with Crippen LogP contribution in [0.15, 0.2) is 9.98 Å². The van der Waals surface area contributed by atoms with E-state index in [9.17, 15) is 9.59 Å². The van der Waals surface area contributed by atoms with Crippen molar-refractivity contribution in [1.82, 2.24) is 0 Å². The molecule has 4 nitrogen and oxygen atoms in total. The van der Waals surface area contributed by atoms with E-state index in [4.69, 9.17) is 0 Å². The fourth-order valence-corrected chi connectivity index (χ4v) is 3.43. The molecule has 0 aromatic carbocycles. The summed E-state index contributed by atoms with van der Waals surface area (Å²) in [7, 11) is 0. The van der Waals surface area contributed by atoms with Crippen LogP contribution in [0, 0.1) is 17.3 Å². The predicted octanol–water partition coefficient (Wildman–Crippen LogP) is 3.23. The number of hydrogen-bond donors (Lipinski definition) is 0. The highest BCUT2D eigenvalue weighted by molar-refractivity contribution is 5.36. The van der Waals surface area contributed by atoms with Crippen LogP contribution in [0.5, 0.6) is 0 Å². The van der Waals surface area contributed by atoms with E-state index in [1.165, 1.54) is 31.4 Å². The lowest BCUT2D eigenvalue weighted by Gasteiger charge is -2.39. The molecule has 0 saturated heterocycles. The third kappa shape index (κ3) is 4.95. The zero-order chi connectivity index (χ0) is 13.6. The maximum Gasteiger partial charge on any atom is 0.237 e. The summed E-state index contributed by atoms with van der Waals surface area (Å²) in [5, 5.41) is 0. The monoisotopic (exact) mass is 250 g/mol. The minimum Gasteiger partial charge on any atom is -0.211 e. The van der Waals surface area contributed by atoms with Gasteiger partial charge in [-0.2, -0.15) is 9.98 Å². The Balaban J connectivity index is 2.51. The van der Waals surface area contributed by atoms with Gasteiger partial charge in [0.25, 0.3) is 0 Å². The Morgan fingerprint density at radius 2 is 1.83 bits per heavy atom. The van der Waals surface area contributed by atoms with E-state index in [0.717, 1.165) is 12.3 Å². The first kappa shape index (κ1) is 14.8. The van der Waals surface area contributed by atoms with Crippen molar-refractivity contribution in [2.24, 2.45) is 27.2 Å². The zero-order valence-corrected chi connectivity index (χ0v) is 11.5. The molecule has 100 valence electrons. The average Bonchev–Trinajstić information content (AvgIpc) is 2.24. The van der Waals surface area contributed by atoms with E-state index in [0.29, 0.717) is 17.8 Å². The summed E-state index contributed by atoms with van der Waals surface area (Å²) in [6.45, 7) is 6.90. The Bertz CT molecular complexity index is 348. The molecule has 0 aliphatic heterocycles. The number of aliphatic imine (C=N–C) groups is 2. The second kappa shape index (κ2) is 6.63. The molecule has 0 bridgehead atoms. The molecule has 1 aliphatic carbocycles. The van der Waals surface area contributed by atoms with E-state index in [1.807, 2.05) is 0 Å².